The molecule has 1 aliphatic heterocycles. The van der Waals surface area contributed by atoms with Crippen LogP contribution in [-0.2, 0) is 14.3 Å². The number of ether oxygens (including phenoxy) is 2. The Labute approximate surface area is 194 Å². The van der Waals surface area contributed by atoms with Gasteiger partial charge in [-0.05, 0) is 18.2 Å². The number of Topliss-reactive ketones (excluding diaryl/α,β-unsaturated/α-hetero) is 1. The number of likely N-dealkylation sites (tertiary alicyclic amines) is 1. The molecular weight excluding hydrogens is 455 g/mol. The van der Waals surface area contributed by atoms with E-state index in [9.17, 15) is 14.7 Å². The summed E-state index contributed by atoms with van der Waals surface area (Å²) in [5.74, 6) is -1.63. The lowest BCUT2D eigenvalue weighted by molar-refractivity contribution is -0.140. The summed E-state index contributed by atoms with van der Waals surface area (Å²) in [6.45, 7) is 0.401. The zero-order valence-electron chi connectivity index (χ0n) is 17.3. The van der Waals surface area contributed by atoms with E-state index in [1.807, 2.05) is 24.3 Å². The highest BCUT2D eigenvalue weighted by atomic mass is 35.5. The molecule has 0 spiro atoms. The number of aliphatic hydroxyl groups is 1. The molecule has 2 aromatic carbocycles. The minimum Gasteiger partial charge on any atom is -0.507 e. The van der Waals surface area contributed by atoms with E-state index in [-0.39, 0.29) is 45.8 Å². The van der Waals surface area contributed by atoms with E-state index >= 15 is 0 Å². The number of aromatic amines is 1. The molecule has 166 valence electrons. The van der Waals surface area contributed by atoms with Crippen molar-refractivity contribution in [1.82, 2.24) is 9.88 Å². The number of hydrogen-bond donors (Lipinski definition) is 2. The normalized spacial score (nSPS) is 18.0. The van der Waals surface area contributed by atoms with Gasteiger partial charge in [-0.15, -0.1) is 0 Å². The van der Waals surface area contributed by atoms with Gasteiger partial charge in [-0.1, -0.05) is 41.4 Å². The van der Waals surface area contributed by atoms with Gasteiger partial charge in [0.25, 0.3) is 11.7 Å². The molecule has 1 amide bonds. The van der Waals surface area contributed by atoms with Crippen LogP contribution >= 0.6 is 23.2 Å². The SMILES string of the molecule is COCCN1C(=O)C(=O)/C(=C(/O)c2cc(Cl)c(OC)c(Cl)c2)C1c1c[nH]c2ccccc12. The molecule has 2 N–H and O–H groups in total. The Balaban J connectivity index is 1.94. The lowest BCUT2D eigenvalue weighted by Crippen LogP contribution is -2.32. The van der Waals surface area contributed by atoms with Crippen molar-refractivity contribution in [1.29, 1.82) is 0 Å². The number of benzene rings is 2. The first-order valence-electron chi connectivity index (χ1n) is 9.75. The van der Waals surface area contributed by atoms with E-state index in [1.54, 1.807) is 6.20 Å². The first kappa shape index (κ1) is 22.2. The number of H-pyrrole nitrogens is 1. The molecule has 32 heavy (non-hydrogen) atoms. The highest BCUT2D eigenvalue weighted by Crippen LogP contribution is 2.43. The van der Waals surface area contributed by atoms with Gasteiger partial charge in [0.2, 0.25) is 0 Å². The fourth-order valence-electron chi connectivity index (χ4n) is 3.99. The Morgan fingerprint density at radius 2 is 1.84 bits per heavy atom. The molecule has 1 fully saturated rings. The van der Waals surface area contributed by atoms with Crippen molar-refractivity contribution < 1.29 is 24.2 Å². The molecule has 1 aromatic heterocycles. The van der Waals surface area contributed by atoms with Crippen molar-refractivity contribution in [2.24, 2.45) is 0 Å². The first-order chi connectivity index (χ1) is 15.4. The van der Waals surface area contributed by atoms with E-state index in [1.165, 1.54) is 31.3 Å². The number of rotatable bonds is 6. The minimum atomic E-state index is -0.819. The largest absolute Gasteiger partial charge is 0.507 e. The van der Waals surface area contributed by atoms with Gasteiger partial charge >= 0.3 is 0 Å². The van der Waals surface area contributed by atoms with Gasteiger partial charge in [-0.2, -0.15) is 0 Å². The van der Waals surface area contributed by atoms with Crippen molar-refractivity contribution in [2.75, 3.05) is 27.4 Å². The Morgan fingerprint density at radius 3 is 2.50 bits per heavy atom. The fraction of sp³-hybridized carbons (Fsp3) is 0.217. The highest BCUT2D eigenvalue weighted by Gasteiger charge is 2.46. The lowest BCUT2D eigenvalue weighted by atomic mass is 9.95. The summed E-state index contributed by atoms with van der Waals surface area (Å²) < 4.78 is 10.3. The summed E-state index contributed by atoms with van der Waals surface area (Å²) in [6, 6.07) is 9.59. The van der Waals surface area contributed by atoms with E-state index in [4.69, 9.17) is 32.7 Å². The zero-order chi connectivity index (χ0) is 23.0. The van der Waals surface area contributed by atoms with Crippen molar-refractivity contribution in [3.63, 3.8) is 0 Å². The molecule has 9 heteroatoms. The van der Waals surface area contributed by atoms with Crippen LogP contribution in [0.1, 0.15) is 17.2 Å². The maximum absolute atomic E-state index is 13.1. The van der Waals surface area contributed by atoms with E-state index < -0.39 is 17.7 Å². The summed E-state index contributed by atoms with van der Waals surface area (Å²) in [7, 11) is 2.93. The number of carbonyl (C=O) groups excluding carboxylic acids is 2. The maximum Gasteiger partial charge on any atom is 0.295 e. The summed E-state index contributed by atoms with van der Waals surface area (Å²) in [6.07, 6.45) is 1.74. The summed E-state index contributed by atoms with van der Waals surface area (Å²) in [5.41, 5.74) is 1.68. The number of nitrogens with one attached hydrogen (secondary N) is 1. The van der Waals surface area contributed by atoms with Crippen LogP contribution < -0.4 is 4.74 Å². The number of fused-ring (bicyclic) bond motifs is 1. The third-order valence-electron chi connectivity index (χ3n) is 5.47. The number of halogens is 2. The van der Waals surface area contributed by atoms with Gasteiger partial charge in [0.15, 0.2) is 5.75 Å². The number of aliphatic hydroxyl groups excluding tert-OH is 1. The number of hydrogen-bond acceptors (Lipinski definition) is 5. The standard InChI is InChI=1S/C23H20Cl2N2O5/c1-31-8-7-27-19(14-11-26-17-6-4-3-5-13(14)17)18(21(29)23(27)30)20(28)12-9-15(24)22(32-2)16(25)10-12/h3-6,9-11,19,26,28H,7-8H2,1-2H3/b20-18+. The van der Waals surface area contributed by atoms with Crippen LogP contribution in [0.4, 0.5) is 0 Å². The second-order valence-electron chi connectivity index (χ2n) is 7.25. The van der Waals surface area contributed by atoms with Gasteiger partial charge in [-0.25, -0.2) is 0 Å². The van der Waals surface area contributed by atoms with Crippen LogP contribution in [0.5, 0.6) is 5.75 Å². The molecule has 0 bridgehead atoms. The van der Waals surface area contributed by atoms with Crippen molar-refractivity contribution in [3.8, 4) is 5.75 Å². The zero-order valence-corrected chi connectivity index (χ0v) is 18.8. The molecule has 0 aliphatic carbocycles. The average molecular weight is 475 g/mol. The average Bonchev–Trinajstić information content (AvgIpc) is 3.30. The Kier molecular flexibility index (Phi) is 6.15. The molecular formula is C23H20Cl2N2O5. The topological polar surface area (TPSA) is 91.9 Å². The molecule has 1 unspecified atom stereocenters. The molecule has 1 saturated heterocycles. The van der Waals surface area contributed by atoms with Crippen LogP contribution in [0.3, 0.4) is 0 Å². The van der Waals surface area contributed by atoms with Gasteiger partial charge < -0.3 is 24.5 Å². The number of carbonyl (C=O) groups is 2. The third kappa shape index (κ3) is 3.62. The predicted octanol–water partition coefficient (Wildman–Crippen LogP) is 4.55. The number of aromatic nitrogens is 1. The van der Waals surface area contributed by atoms with Crippen LogP contribution in [0.2, 0.25) is 10.0 Å². The Morgan fingerprint density at radius 1 is 1.16 bits per heavy atom. The van der Waals surface area contributed by atoms with Gasteiger partial charge in [0.05, 0.1) is 35.4 Å². The number of nitrogens with zero attached hydrogens (tertiary/aromatic N) is 1. The van der Waals surface area contributed by atoms with Gasteiger partial charge in [0.1, 0.15) is 5.76 Å². The minimum absolute atomic E-state index is 0.0480. The number of methoxy groups -OCH3 is 2. The molecule has 3 aromatic rings. The van der Waals surface area contributed by atoms with Crippen molar-refractivity contribution in [2.45, 2.75) is 6.04 Å². The summed E-state index contributed by atoms with van der Waals surface area (Å²) in [4.78, 5) is 30.6. The van der Waals surface area contributed by atoms with Crippen LogP contribution in [0.25, 0.3) is 16.7 Å². The van der Waals surface area contributed by atoms with Crippen molar-refractivity contribution in [3.05, 3.63) is 69.3 Å². The number of para-hydroxylation sites is 1. The quantitative estimate of drug-likeness (QED) is 0.310. The Bertz CT molecular complexity index is 1230. The summed E-state index contributed by atoms with van der Waals surface area (Å²) in [5, 5.41) is 12.3. The van der Waals surface area contributed by atoms with Gasteiger partial charge in [-0.3, -0.25) is 9.59 Å². The second kappa shape index (κ2) is 8.86. The maximum atomic E-state index is 13.1. The molecule has 1 atom stereocenters. The second-order valence-corrected chi connectivity index (χ2v) is 8.06. The first-order valence-corrected chi connectivity index (χ1v) is 10.5. The summed E-state index contributed by atoms with van der Waals surface area (Å²) >= 11 is 12.5. The van der Waals surface area contributed by atoms with E-state index in [2.05, 4.69) is 4.98 Å². The van der Waals surface area contributed by atoms with Gasteiger partial charge in [0, 0.05) is 41.9 Å². The fourth-order valence-corrected chi connectivity index (χ4v) is 4.63. The van der Waals surface area contributed by atoms with Crippen LogP contribution in [0, 0.1) is 0 Å². The van der Waals surface area contributed by atoms with Crippen molar-refractivity contribution >= 4 is 51.6 Å². The molecule has 0 radical (unpaired) electrons. The molecule has 1 aliphatic rings. The molecule has 7 nitrogen and oxygen atoms in total. The number of amides is 1. The highest BCUT2D eigenvalue weighted by molar-refractivity contribution is 6.47. The molecule has 2 heterocycles. The third-order valence-corrected chi connectivity index (χ3v) is 6.03. The van der Waals surface area contributed by atoms with Crippen LogP contribution in [0.15, 0.2) is 48.2 Å². The lowest BCUT2D eigenvalue weighted by Gasteiger charge is -2.24. The molecule has 0 saturated carbocycles. The molecule has 4 rings (SSSR count). The number of ketones is 1. The van der Waals surface area contributed by atoms with E-state index in [0.717, 1.165) is 10.9 Å². The monoisotopic (exact) mass is 474 g/mol. The Hall–Kier alpha value is -3.00. The van der Waals surface area contributed by atoms with E-state index in [0.29, 0.717) is 5.56 Å². The smallest absolute Gasteiger partial charge is 0.295 e. The van der Waals surface area contributed by atoms with Crippen LogP contribution in [-0.4, -0.2) is 54.1 Å². The predicted molar refractivity (Wildman–Crippen MR) is 122 cm³/mol.